The van der Waals surface area contributed by atoms with Gasteiger partial charge in [-0.2, -0.15) is 4.31 Å². The van der Waals surface area contributed by atoms with Crippen LogP contribution in [0.3, 0.4) is 0 Å². The Morgan fingerprint density at radius 2 is 1.79 bits per heavy atom. The fourth-order valence-corrected chi connectivity index (χ4v) is 5.14. The molecule has 0 radical (unpaired) electrons. The van der Waals surface area contributed by atoms with Gasteiger partial charge in [0, 0.05) is 11.6 Å². The van der Waals surface area contributed by atoms with Gasteiger partial charge in [0.2, 0.25) is 10.0 Å². The van der Waals surface area contributed by atoms with Crippen LogP contribution in [-0.2, 0) is 21.2 Å². The maximum absolute atomic E-state index is 13.2. The number of carboxylic acid groups (broad SMARTS) is 1. The summed E-state index contributed by atoms with van der Waals surface area (Å²) in [5.41, 5.74) is 1.44. The van der Waals surface area contributed by atoms with Gasteiger partial charge in [0.25, 0.3) is 0 Å². The van der Waals surface area contributed by atoms with Crippen molar-refractivity contribution in [2.24, 2.45) is 0 Å². The fraction of sp³-hybridized carbons (Fsp3) is 0.316. The number of fused-ring (bicyclic) bond motifs is 1. The van der Waals surface area contributed by atoms with E-state index in [0.717, 1.165) is 5.56 Å². The van der Waals surface area contributed by atoms with E-state index in [4.69, 9.17) is 21.1 Å². The molecule has 3 rings (SSSR count). The molecule has 0 fully saturated rings. The second kappa shape index (κ2) is 7.98. The average molecular weight is 426 g/mol. The van der Waals surface area contributed by atoms with Gasteiger partial charge >= 0.3 is 5.97 Å². The molecular weight excluding hydrogens is 406 g/mol. The summed E-state index contributed by atoms with van der Waals surface area (Å²) in [6, 6.07) is 8.39. The third kappa shape index (κ3) is 3.80. The van der Waals surface area contributed by atoms with Crippen molar-refractivity contribution in [2.45, 2.75) is 23.8 Å². The van der Waals surface area contributed by atoms with E-state index in [1.54, 1.807) is 12.1 Å². The molecule has 150 valence electrons. The topological polar surface area (TPSA) is 93.1 Å². The van der Waals surface area contributed by atoms with Crippen molar-refractivity contribution in [1.29, 1.82) is 0 Å². The summed E-state index contributed by atoms with van der Waals surface area (Å²) in [5, 5.41) is 9.83. The number of halogens is 1. The van der Waals surface area contributed by atoms with E-state index in [-0.39, 0.29) is 17.9 Å². The van der Waals surface area contributed by atoms with E-state index >= 15 is 0 Å². The number of methoxy groups -OCH3 is 2. The molecule has 1 N–H and O–H groups in total. The molecule has 1 aliphatic heterocycles. The average Bonchev–Trinajstić information content (AvgIpc) is 2.66. The van der Waals surface area contributed by atoms with Gasteiger partial charge in [0.15, 0.2) is 11.5 Å². The summed E-state index contributed by atoms with van der Waals surface area (Å²) in [4.78, 5) is 11.6. The minimum atomic E-state index is -3.91. The van der Waals surface area contributed by atoms with E-state index in [1.807, 2.05) is 0 Å². The third-order valence-corrected chi connectivity index (χ3v) is 6.92. The molecule has 2 aromatic carbocycles. The highest BCUT2D eigenvalue weighted by Gasteiger charge is 2.38. The van der Waals surface area contributed by atoms with Crippen molar-refractivity contribution in [2.75, 3.05) is 20.8 Å². The van der Waals surface area contributed by atoms with Crippen molar-refractivity contribution in [3.63, 3.8) is 0 Å². The van der Waals surface area contributed by atoms with Crippen LogP contribution < -0.4 is 9.47 Å². The number of nitrogens with zero attached hydrogens (tertiary/aromatic N) is 1. The number of carbonyl (C=O) groups is 1. The maximum atomic E-state index is 13.2. The first-order chi connectivity index (χ1) is 13.3. The van der Waals surface area contributed by atoms with Crippen LogP contribution in [0.2, 0.25) is 5.02 Å². The van der Waals surface area contributed by atoms with Crippen molar-refractivity contribution >= 4 is 27.6 Å². The van der Waals surface area contributed by atoms with Gasteiger partial charge < -0.3 is 14.6 Å². The minimum absolute atomic E-state index is 0.0659. The lowest BCUT2D eigenvalue weighted by molar-refractivity contribution is -0.138. The summed E-state index contributed by atoms with van der Waals surface area (Å²) in [6.07, 6.45) is 0.0634. The van der Waals surface area contributed by atoms with Crippen LogP contribution in [0.15, 0.2) is 41.3 Å². The van der Waals surface area contributed by atoms with Crippen LogP contribution in [0.4, 0.5) is 0 Å². The van der Waals surface area contributed by atoms with Crippen LogP contribution in [0, 0.1) is 0 Å². The molecule has 0 saturated heterocycles. The highest BCUT2D eigenvalue weighted by Crippen LogP contribution is 2.41. The molecule has 0 bridgehead atoms. The monoisotopic (exact) mass is 425 g/mol. The quantitative estimate of drug-likeness (QED) is 0.764. The van der Waals surface area contributed by atoms with Gasteiger partial charge in [0.05, 0.1) is 31.6 Å². The first-order valence-electron chi connectivity index (χ1n) is 8.52. The van der Waals surface area contributed by atoms with Crippen molar-refractivity contribution in [3.8, 4) is 11.5 Å². The van der Waals surface area contributed by atoms with Crippen LogP contribution >= 0.6 is 11.6 Å². The molecule has 7 nitrogen and oxygen atoms in total. The van der Waals surface area contributed by atoms with Crippen molar-refractivity contribution in [1.82, 2.24) is 4.31 Å². The smallest absolute Gasteiger partial charge is 0.305 e. The zero-order chi connectivity index (χ0) is 20.5. The number of sulfonamides is 1. The SMILES string of the molecule is COc1cc2c(cc1OC)[C@H](CC(=O)O)N(S(=O)(=O)c1ccc(Cl)cc1)CC2. The van der Waals surface area contributed by atoms with Crippen molar-refractivity contribution < 1.29 is 27.8 Å². The summed E-state index contributed by atoms with van der Waals surface area (Å²) in [6.45, 7) is 0.158. The zero-order valence-electron chi connectivity index (χ0n) is 15.4. The van der Waals surface area contributed by atoms with E-state index in [2.05, 4.69) is 0 Å². The van der Waals surface area contributed by atoms with E-state index < -0.39 is 22.0 Å². The van der Waals surface area contributed by atoms with E-state index in [0.29, 0.717) is 28.5 Å². The molecular formula is C19H20ClNO6S. The van der Waals surface area contributed by atoms with Gasteiger partial charge in [-0.3, -0.25) is 4.79 Å². The summed E-state index contributed by atoms with van der Waals surface area (Å²) >= 11 is 5.86. The first-order valence-corrected chi connectivity index (χ1v) is 10.3. The fourth-order valence-electron chi connectivity index (χ4n) is 3.41. The Hall–Kier alpha value is -2.29. The van der Waals surface area contributed by atoms with Crippen LogP contribution in [0.25, 0.3) is 0 Å². The molecule has 2 aromatic rings. The van der Waals surface area contributed by atoms with E-state index in [1.165, 1.54) is 42.8 Å². The molecule has 1 aliphatic rings. The molecule has 28 heavy (non-hydrogen) atoms. The lowest BCUT2D eigenvalue weighted by atomic mass is 9.92. The number of rotatable bonds is 6. The zero-order valence-corrected chi connectivity index (χ0v) is 17.0. The molecule has 0 aromatic heterocycles. The number of benzene rings is 2. The number of hydrogen-bond acceptors (Lipinski definition) is 5. The van der Waals surface area contributed by atoms with Crippen LogP contribution in [0.1, 0.15) is 23.6 Å². The number of hydrogen-bond donors (Lipinski definition) is 1. The maximum Gasteiger partial charge on any atom is 0.305 e. The summed E-state index contributed by atoms with van der Waals surface area (Å²) in [5.74, 6) is -0.157. The normalized spacial score (nSPS) is 17.0. The lowest BCUT2D eigenvalue weighted by Crippen LogP contribution is -2.41. The molecule has 9 heteroatoms. The summed E-state index contributed by atoms with van der Waals surface area (Å²) in [7, 11) is -0.926. The summed E-state index contributed by atoms with van der Waals surface area (Å²) < 4.78 is 38.3. The van der Waals surface area contributed by atoms with Gasteiger partial charge in [0.1, 0.15) is 0 Å². The Bertz CT molecular complexity index is 990. The third-order valence-electron chi connectivity index (χ3n) is 4.74. The highest BCUT2D eigenvalue weighted by atomic mass is 35.5. The second-order valence-electron chi connectivity index (χ2n) is 6.34. The van der Waals surface area contributed by atoms with Gasteiger partial charge in [-0.1, -0.05) is 11.6 Å². The predicted octanol–water partition coefficient (Wildman–Crippen LogP) is 3.12. The Morgan fingerprint density at radius 3 is 2.36 bits per heavy atom. The largest absolute Gasteiger partial charge is 0.493 e. The second-order valence-corrected chi connectivity index (χ2v) is 8.67. The van der Waals surface area contributed by atoms with Crippen molar-refractivity contribution in [3.05, 3.63) is 52.5 Å². The lowest BCUT2D eigenvalue weighted by Gasteiger charge is -2.36. The van der Waals surface area contributed by atoms with Crippen LogP contribution in [0.5, 0.6) is 11.5 Å². The number of ether oxygens (including phenoxy) is 2. The first kappa shape index (κ1) is 20.4. The molecule has 1 atom stereocenters. The Balaban J connectivity index is 2.10. The Morgan fingerprint density at radius 1 is 1.18 bits per heavy atom. The number of aliphatic carboxylic acids is 1. The Labute approximate surface area is 168 Å². The standard InChI is InChI=1S/C19H20ClNO6S/c1-26-17-9-12-7-8-21(28(24,25)14-5-3-13(20)4-6-14)16(11-19(22)23)15(12)10-18(17)27-2/h3-6,9-10,16H,7-8,11H2,1-2H3,(H,22,23)/t16-/m0/s1. The minimum Gasteiger partial charge on any atom is -0.493 e. The van der Waals surface area contributed by atoms with Gasteiger partial charge in [-0.15, -0.1) is 0 Å². The molecule has 0 saturated carbocycles. The predicted molar refractivity (Wildman–Crippen MR) is 104 cm³/mol. The molecule has 0 spiro atoms. The molecule has 0 aliphatic carbocycles. The Kier molecular flexibility index (Phi) is 5.83. The van der Waals surface area contributed by atoms with E-state index in [9.17, 15) is 18.3 Å². The molecule has 0 unspecified atom stereocenters. The molecule has 0 amide bonds. The van der Waals surface area contributed by atoms with Crippen LogP contribution in [-0.4, -0.2) is 44.6 Å². The molecule has 1 heterocycles. The number of carboxylic acids is 1. The van der Waals surface area contributed by atoms with Gasteiger partial charge in [-0.05, 0) is 53.9 Å². The highest BCUT2D eigenvalue weighted by molar-refractivity contribution is 7.89. The van der Waals surface area contributed by atoms with Gasteiger partial charge in [-0.25, -0.2) is 8.42 Å².